The van der Waals surface area contributed by atoms with Gasteiger partial charge in [-0.25, -0.2) is 4.68 Å². The monoisotopic (exact) mass is 414 g/mol. The van der Waals surface area contributed by atoms with Gasteiger partial charge in [-0.2, -0.15) is 18.3 Å². The average molecular weight is 415 g/mol. The third-order valence-corrected chi connectivity index (χ3v) is 4.95. The normalized spacial score (nSPS) is 23.2. The molecule has 0 spiro atoms. The number of benzene rings is 1. The first-order chi connectivity index (χ1) is 11.9. The molecule has 2 aliphatic heterocycles. The molecule has 2 aliphatic rings. The molecule has 0 unspecified atom stereocenters. The molecule has 0 aliphatic carbocycles. The second kappa shape index (κ2) is 6.05. The lowest BCUT2D eigenvalue weighted by Gasteiger charge is -2.36. The summed E-state index contributed by atoms with van der Waals surface area (Å²) in [6.45, 7) is 1.30. The maximum Gasteiger partial charge on any atom is 0.416 e. The van der Waals surface area contributed by atoms with Crippen LogP contribution in [0.1, 0.15) is 12.0 Å². The van der Waals surface area contributed by atoms with E-state index in [2.05, 4.69) is 26.2 Å². The Bertz CT molecular complexity index is 802. The summed E-state index contributed by atoms with van der Waals surface area (Å²) in [6, 6.07) is 7.04. The van der Waals surface area contributed by atoms with Crippen LogP contribution in [0.3, 0.4) is 0 Å². The lowest BCUT2D eigenvalue weighted by molar-refractivity contribution is -0.137. The molecule has 0 bridgehead atoms. The van der Waals surface area contributed by atoms with Crippen molar-refractivity contribution in [1.29, 1.82) is 0 Å². The number of oxime groups is 1. The van der Waals surface area contributed by atoms with E-state index < -0.39 is 11.7 Å². The molecule has 0 fully saturated rings. The van der Waals surface area contributed by atoms with Gasteiger partial charge in [0.05, 0.1) is 18.3 Å². The second-order valence-electron chi connectivity index (χ2n) is 6.10. The van der Waals surface area contributed by atoms with Crippen molar-refractivity contribution in [3.63, 3.8) is 0 Å². The molecule has 4 rings (SSSR count). The fourth-order valence-electron chi connectivity index (χ4n) is 3.22. The summed E-state index contributed by atoms with van der Waals surface area (Å²) in [5.74, 6) is 0.975. The van der Waals surface area contributed by atoms with E-state index in [1.165, 1.54) is 12.1 Å². The third kappa shape index (κ3) is 3.12. The van der Waals surface area contributed by atoms with Gasteiger partial charge in [-0.05, 0) is 40.2 Å². The summed E-state index contributed by atoms with van der Waals surface area (Å²) in [7, 11) is 0. The van der Waals surface area contributed by atoms with Crippen molar-refractivity contribution < 1.29 is 18.0 Å². The van der Waals surface area contributed by atoms with Gasteiger partial charge < -0.3 is 9.74 Å². The van der Waals surface area contributed by atoms with E-state index in [-0.39, 0.29) is 12.0 Å². The maximum absolute atomic E-state index is 12.8. The molecule has 9 heteroatoms. The number of alkyl halides is 3. The van der Waals surface area contributed by atoms with Crippen LogP contribution in [-0.4, -0.2) is 27.1 Å². The molecular weight excluding hydrogens is 401 g/mol. The van der Waals surface area contributed by atoms with Crippen molar-refractivity contribution in [2.75, 3.05) is 11.4 Å². The summed E-state index contributed by atoms with van der Waals surface area (Å²) in [6.07, 6.45) is -2.05. The molecule has 2 atom stereocenters. The first-order valence-corrected chi connectivity index (χ1v) is 8.56. The maximum atomic E-state index is 12.8. The van der Waals surface area contributed by atoms with Crippen LogP contribution in [0.5, 0.6) is 0 Å². The summed E-state index contributed by atoms with van der Waals surface area (Å²) >= 11 is 3.34. The lowest BCUT2D eigenvalue weighted by atomic mass is 9.97. The van der Waals surface area contributed by atoms with Gasteiger partial charge in [0, 0.05) is 30.6 Å². The van der Waals surface area contributed by atoms with Gasteiger partial charge in [0.1, 0.15) is 16.5 Å². The van der Waals surface area contributed by atoms with Gasteiger partial charge in [0.25, 0.3) is 0 Å². The Hall–Kier alpha value is -2.03. The molecule has 1 aromatic heterocycles. The number of hydrogen-bond donors (Lipinski definition) is 0. The Balaban J connectivity index is 1.62. The SMILES string of the molecule is FC(F)(F)c1ccc(N2C[C@H]([C@@H]3CC(Br)=NO3)Cn3nccc32)cc1. The Morgan fingerprint density at radius 3 is 2.52 bits per heavy atom. The molecule has 0 saturated carbocycles. The van der Waals surface area contributed by atoms with Gasteiger partial charge in [0.15, 0.2) is 0 Å². The number of halogens is 4. The number of hydrogen-bond acceptors (Lipinski definition) is 4. The number of fused-ring (bicyclic) bond motifs is 1. The van der Waals surface area contributed by atoms with Gasteiger partial charge in [-0.1, -0.05) is 5.16 Å². The molecule has 1 aromatic carbocycles. The highest BCUT2D eigenvalue weighted by Gasteiger charge is 2.36. The van der Waals surface area contributed by atoms with Crippen molar-refractivity contribution in [1.82, 2.24) is 9.78 Å². The van der Waals surface area contributed by atoms with E-state index >= 15 is 0 Å². The number of nitrogens with zero attached hydrogens (tertiary/aromatic N) is 4. The Morgan fingerprint density at radius 1 is 1.12 bits per heavy atom. The first kappa shape index (κ1) is 16.4. The minimum Gasteiger partial charge on any atom is -0.391 e. The minimum atomic E-state index is -4.34. The Morgan fingerprint density at radius 2 is 1.88 bits per heavy atom. The van der Waals surface area contributed by atoms with E-state index in [9.17, 15) is 13.2 Å². The second-order valence-corrected chi connectivity index (χ2v) is 7.02. The van der Waals surface area contributed by atoms with Crippen LogP contribution in [-0.2, 0) is 17.6 Å². The van der Waals surface area contributed by atoms with Gasteiger partial charge in [-0.3, -0.25) is 0 Å². The summed E-state index contributed by atoms with van der Waals surface area (Å²) in [5.41, 5.74) is 0.0344. The van der Waals surface area contributed by atoms with Crippen LogP contribution < -0.4 is 4.90 Å². The molecule has 0 N–H and O–H groups in total. The van der Waals surface area contributed by atoms with Crippen molar-refractivity contribution in [3.8, 4) is 0 Å². The number of rotatable bonds is 2. The zero-order valence-corrected chi connectivity index (χ0v) is 14.5. The van der Waals surface area contributed by atoms with Crippen LogP contribution in [0.2, 0.25) is 0 Å². The van der Waals surface area contributed by atoms with Crippen LogP contribution >= 0.6 is 15.9 Å². The van der Waals surface area contributed by atoms with Crippen LogP contribution in [0.4, 0.5) is 24.7 Å². The van der Waals surface area contributed by atoms with Gasteiger partial charge in [-0.15, -0.1) is 0 Å². The van der Waals surface area contributed by atoms with Crippen LogP contribution in [0.25, 0.3) is 0 Å². The van der Waals surface area contributed by atoms with E-state index in [1.54, 1.807) is 6.20 Å². The fraction of sp³-hybridized carbons (Fsp3) is 0.375. The molecule has 132 valence electrons. The van der Waals surface area contributed by atoms with E-state index in [4.69, 9.17) is 4.84 Å². The fourth-order valence-corrected chi connectivity index (χ4v) is 3.63. The number of aromatic nitrogens is 2. The Labute approximate surface area is 150 Å². The summed E-state index contributed by atoms with van der Waals surface area (Å²) < 4.78 is 41.0. The topological polar surface area (TPSA) is 42.6 Å². The zero-order chi connectivity index (χ0) is 17.6. The number of anilines is 2. The zero-order valence-electron chi connectivity index (χ0n) is 12.9. The molecule has 5 nitrogen and oxygen atoms in total. The van der Waals surface area contributed by atoms with E-state index in [1.807, 2.05) is 15.6 Å². The highest BCUT2D eigenvalue weighted by molar-refractivity contribution is 9.18. The first-order valence-electron chi connectivity index (χ1n) is 7.76. The van der Waals surface area contributed by atoms with Crippen molar-refractivity contribution in [3.05, 3.63) is 42.1 Å². The standard InChI is InChI=1S/C16H14BrF3N4O/c17-14-7-13(25-22-14)10-8-23(15-5-6-21-24(15)9-10)12-3-1-11(2-4-12)16(18,19)20/h1-6,10,13H,7-9H2/t10-,13-/m0/s1. The predicted molar refractivity (Wildman–Crippen MR) is 90.0 cm³/mol. The predicted octanol–water partition coefficient (Wildman–Crippen LogP) is 4.17. The molecule has 0 saturated heterocycles. The van der Waals surface area contributed by atoms with Gasteiger partial charge >= 0.3 is 6.18 Å². The molecule has 3 heterocycles. The van der Waals surface area contributed by atoms with Crippen molar-refractivity contribution in [2.45, 2.75) is 25.2 Å². The molecular formula is C16H14BrF3N4O. The molecule has 2 aromatic rings. The van der Waals surface area contributed by atoms with Crippen molar-refractivity contribution >= 4 is 32.1 Å². The van der Waals surface area contributed by atoms with Crippen LogP contribution in [0.15, 0.2) is 41.7 Å². The lowest BCUT2D eigenvalue weighted by Crippen LogP contribution is -2.41. The molecule has 0 radical (unpaired) electrons. The summed E-state index contributed by atoms with van der Waals surface area (Å²) in [5, 5.41) is 8.25. The van der Waals surface area contributed by atoms with E-state index in [0.717, 1.165) is 22.6 Å². The molecule has 0 amide bonds. The highest BCUT2D eigenvalue weighted by Crippen LogP contribution is 2.36. The van der Waals surface area contributed by atoms with Crippen LogP contribution in [0, 0.1) is 5.92 Å². The quantitative estimate of drug-likeness (QED) is 0.740. The smallest absolute Gasteiger partial charge is 0.391 e. The Kier molecular flexibility index (Phi) is 3.98. The highest BCUT2D eigenvalue weighted by atomic mass is 79.9. The largest absolute Gasteiger partial charge is 0.416 e. The summed E-state index contributed by atoms with van der Waals surface area (Å²) in [4.78, 5) is 7.44. The molecule has 25 heavy (non-hydrogen) atoms. The minimum absolute atomic E-state index is 0.0799. The van der Waals surface area contributed by atoms with E-state index in [0.29, 0.717) is 25.2 Å². The average Bonchev–Trinajstić information content (AvgIpc) is 3.21. The van der Waals surface area contributed by atoms with Gasteiger partial charge in [0.2, 0.25) is 0 Å². The van der Waals surface area contributed by atoms with Crippen molar-refractivity contribution in [2.24, 2.45) is 11.1 Å². The third-order valence-electron chi connectivity index (χ3n) is 4.48.